The molecule has 0 spiro atoms. The fourth-order valence-electron chi connectivity index (χ4n) is 3.31. The summed E-state index contributed by atoms with van der Waals surface area (Å²) in [5.74, 6) is 1.90. The molecular formula is C19H29NO3. The van der Waals surface area contributed by atoms with E-state index < -0.39 is 0 Å². The predicted molar refractivity (Wildman–Crippen MR) is 92.0 cm³/mol. The fourth-order valence-corrected chi connectivity index (χ4v) is 3.31. The van der Waals surface area contributed by atoms with Gasteiger partial charge in [0, 0.05) is 18.5 Å². The zero-order valence-corrected chi connectivity index (χ0v) is 14.6. The summed E-state index contributed by atoms with van der Waals surface area (Å²) < 4.78 is 10.8. The van der Waals surface area contributed by atoms with E-state index >= 15 is 0 Å². The van der Waals surface area contributed by atoms with E-state index in [4.69, 9.17) is 9.47 Å². The number of carbonyl (C=O) groups excluding carboxylic acids is 1. The van der Waals surface area contributed by atoms with E-state index in [1.165, 1.54) is 12.8 Å². The minimum Gasteiger partial charge on any atom is -0.497 e. The van der Waals surface area contributed by atoms with Crippen LogP contribution in [-0.4, -0.2) is 36.6 Å². The zero-order valence-electron chi connectivity index (χ0n) is 14.6. The van der Waals surface area contributed by atoms with Crippen molar-refractivity contribution in [1.29, 1.82) is 0 Å². The Bertz CT molecular complexity index is 478. The molecule has 1 aromatic rings. The second-order valence-electron chi connectivity index (χ2n) is 6.46. The molecule has 1 aromatic carbocycles. The van der Waals surface area contributed by atoms with Crippen LogP contribution in [0.25, 0.3) is 0 Å². The number of benzene rings is 1. The summed E-state index contributed by atoms with van der Waals surface area (Å²) in [5.41, 5.74) is 0. The van der Waals surface area contributed by atoms with Gasteiger partial charge in [0.15, 0.2) is 0 Å². The lowest BCUT2D eigenvalue weighted by atomic mass is 10.1. The molecule has 0 unspecified atom stereocenters. The Kier molecular flexibility index (Phi) is 6.75. The average molecular weight is 319 g/mol. The summed E-state index contributed by atoms with van der Waals surface area (Å²) in [6, 6.07) is 8.26. The van der Waals surface area contributed by atoms with Crippen LogP contribution in [0.15, 0.2) is 24.3 Å². The standard InChI is InChI=1S/C19H29NO3/c1-15(2)20(16-7-4-5-8-16)19(21)9-6-14-23-18-12-10-17(22-3)11-13-18/h10-13,15-16H,4-9,14H2,1-3H3. The highest BCUT2D eigenvalue weighted by Gasteiger charge is 2.28. The molecule has 0 atom stereocenters. The largest absolute Gasteiger partial charge is 0.497 e. The molecule has 0 bridgehead atoms. The lowest BCUT2D eigenvalue weighted by Crippen LogP contribution is -2.43. The molecule has 0 N–H and O–H groups in total. The normalized spacial score (nSPS) is 15.0. The number of ether oxygens (including phenoxy) is 2. The van der Waals surface area contributed by atoms with Gasteiger partial charge in [-0.1, -0.05) is 12.8 Å². The number of methoxy groups -OCH3 is 1. The topological polar surface area (TPSA) is 38.8 Å². The number of nitrogens with zero attached hydrogens (tertiary/aromatic N) is 1. The zero-order chi connectivity index (χ0) is 16.7. The third-order valence-corrected chi connectivity index (χ3v) is 4.43. The van der Waals surface area contributed by atoms with Crippen LogP contribution in [0.2, 0.25) is 0 Å². The van der Waals surface area contributed by atoms with E-state index in [2.05, 4.69) is 18.7 Å². The molecule has 4 heteroatoms. The molecule has 1 saturated carbocycles. The van der Waals surface area contributed by atoms with Crippen molar-refractivity contribution < 1.29 is 14.3 Å². The molecule has 23 heavy (non-hydrogen) atoms. The van der Waals surface area contributed by atoms with E-state index in [9.17, 15) is 4.79 Å². The molecule has 1 aliphatic rings. The van der Waals surface area contributed by atoms with Crippen molar-refractivity contribution in [2.24, 2.45) is 0 Å². The minimum atomic E-state index is 0.269. The van der Waals surface area contributed by atoms with Crippen molar-refractivity contribution in [3.05, 3.63) is 24.3 Å². The molecule has 1 fully saturated rings. The molecule has 1 amide bonds. The first-order chi connectivity index (χ1) is 11.1. The van der Waals surface area contributed by atoms with Gasteiger partial charge in [0.05, 0.1) is 13.7 Å². The van der Waals surface area contributed by atoms with Gasteiger partial charge < -0.3 is 14.4 Å². The van der Waals surface area contributed by atoms with Crippen LogP contribution < -0.4 is 9.47 Å². The van der Waals surface area contributed by atoms with Crippen LogP contribution in [0.1, 0.15) is 52.4 Å². The smallest absolute Gasteiger partial charge is 0.223 e. The quantitative estimate of drug-likeness (QED) is 0.679. The Hall–Kier alpha value is -1.71. The SMILES string of the molecule is COc1ccc(OCCCC(=O)N(C(C)C)C2CCCC2)cc1. The molecule has 2 rings (SSSR count). The number of carbonyl (C=O) groups is 1. The minimum absolute atomic E-state index is 0.269. The van der Waals surface area contributed by atoms with Gasteiger partial charge in [-0.25, -0.2) is 0 Å². The van der Waals surface area contributed by atoms with E-state index in [0.29, 0.717) is 19.1 Å². The molecular weight excluding hydrogens is 290 g/mol. The number of hydrogen-bond acceptors (Lipinski definition) is 3. The summed E-state index contributed by atoms with van der Waals surface area (Å²) in [6.07, 6.45) is 6.13. The molecule has 0 aliphatic heterocycles. The second-order valence-corrected chi connectivity index (χ2v) is 6.46. The van der Waals surface area contributed by atoms with Crippen LogP contribution in [-0.2, 0) is 4.79 Å². The maximum Gasteiger partial charge on any atom is 0.223 e. The molecule has 1 aliphatic carbocycles. The molecule has 4 nitrogen and oxygen atoms in total. The van der Waals surface area contributed by atoms with E-state index in [-0.39, 0.29) is 11.9 Å². The third-order valence-electron chi connectivity index (χ3n) is 4.43. The van der Waals surface area contributed by atoms with Gasteiger partial charge in [-0.05, 0) is 57.4 Å². The van der Waals surface area contributed by atoms with Crippen LogP contribution in [0.4, 0.5) is 0 Å². The number of rotatable bonds is 8. The van der Waals surface area contributed by atoms with E-state index in [1.54, 1.807) is 7.11 Å². The van der Waals surface area contributed by atoms with Gasteiger partial charge in [0.1, 0.15) is 11.5 Å². The van der Waals surface area contributed by atoms with E-state index in [1.807, 2.05) is 24.3 Å². The maximum atomic E-state index is 12.5. The molecule has 0 aromatic heterocycles. The summed E-state index contributed by atoms with van der Waals surface area (Å²) in [7, 11) is 1.65. The van der Waals surface area contributed by atoms with Crippen LogP contribution in [0.3, 0.4) is 0 Å². The summed E-state index contributed by atoms with van der Waals surface area (Å²) in [5, 5.41) is 0. The summed E-state index contributed by atoms with van der Waals surface area (Å²) in [4.78, 5) is 14.6. The summed E-state index contributed by atoms with van der Waals surface area (Å²) >= 11 is 0. The van der Waals surface area contributed by atoms with Gasteiger partial charge in [-0.2, -0.15) is 0 Å². The first-order valence-corrected chi connectivity index (χ1v) is 8.70. The Morgan fingerprint density at radius 3 is 2.35 bits per heavy atom. The molecule has 128 valence electrons. The van der Waals surface area contributed by atoms with Crippen LogP contribution >= 0.6 is 0 Å². The Labute approximate surface area is 139 Å². The van der Waals surface area contributed by atoms with Crippen molar-refractivity contribution in [2.45, 2.75) is 64.5 Å². The Balaban J connectivity index is 1.74. The van der Waals surface area contributed by atoms with Crippen LogP contribution in [0.5, 0.6) is 11.5 Å². The number of hydrogen-bond donors (Lipinski definition) is 0. The first kappa shape index (κ1) is 17.6. The maximum absolute atomic E-state index is 12.5. The lowest BCUT2D eigenvalue weighted by molar-refractivity contribution is -0.135. The Morgan fingerprint density at radius 1 is 1.17 bits per heavy atom. The van der Waals surface area contributed by atoms with Crippen molar-refractivity contribution >= 4 is 5.91 Å². The van der Waals surface area contributed by atoms with Gasteiger partial charge in [-0.3, -0.25) is 4.79 Å². The van der Waals surface area contributed by atoms with Gasteiger partial charge in [0.25, 0.3) is 0 Å². The Morgan fingerprint density at radius 2 is 1.78 bits per heavy atom. The molecule has 0 radical (unpaired) electrons. The van der Waals surface area contributed by atoms with Gasteiger partial charge in [0.2, 0.25) is 5.91 Å². The predicted octanol–water partition coefficient (Wildman–Crippen LogP) is 4.03. The molecule has 0 heterocycles. The molecule has 0 saturated heterocycles. The number of amides is 1. The summed E-state index contributed by atoms with van der Waals surface area (Å²) in [6.45, 7) is 4.79. The fraction of sp³-hybridized carbons (Fsp3) is 0.632. The van der Waals surface area contributed by atoms with Gasteiger partial charge in [-0.15, -0.1) is 0 Å². The van der Waals surface area contributed by atoms with Crippen molar-refractivity contribution in [1.82, 2.24) is 4.90 Å². The monoisotopic (exact) mass is 319 g/mol. The van der Waals surface area contributed by atoms with Gasteiger partial charge >= 0.3 is 0 Å². The highest BCUT2D eigenvalue weighted by atomic mass is 16.5. The lowest BCUT2D eigenvalue weighted by Gasteiger charge is -2.33. The highest BCUT2D eigenvalue weighted by molar-refractivity contribution is 5.76. The van der Waals surface area contributed by atoms with Crippen LogP contribution in [0, 0.1) is 0 Å². The highest BCUT2D eigenvalue weighted by Crippen LogP contribution is 2.26. The second kappa shape index (κ2) is 8.80. The van der Waals surface area contributed by atoms with Crippen molar-refractivity contribution in [3.8, 4) is 11.5 Å². The third kappa shape index (κ3) is 5.15. The first-order valence-electron chi connectivity index (χ1n) is 8.70. The van der Waals surface area contributed by atoms with Crippen molar-refractivity contribution in [2.75, 3.05) is 13.7 Å². The average Bonchev–Trinajstić information content (AvgIpc) is 3.06. The van der Waals surface area contributed by atoms with E-state index in [0.717, 1.165) is 30.8 Å². The van der Waals surface area contributed by atoms with Crippen molar-refractivity contribution in [3.63, 3.8) is 0 Å².